The summed E-state index contributed by atoms with van der Waals surface area (Å²) in [5, 5.41) is 58.2. The summed E-state index contributed by atoms with van der Waals surface area (Å²) in [4.78, 5) is 0. The van der Waals surface area contributed by atoms with Gasteiger partial charge in [0.05, 0.1) is 25.6 Å². The van der Waals surface area contributed by atoms with Crippen LogP contribution in [-0.2, 0) is 14.2 Å². The van der Waals surface area contributed by atoms with Crippen molar-refractivity contribution in [1.82, 2.24) is 0 Å². The van der Waals surface area contributed by atoms with E-state index >= 15 is 0 Å². The van der Waals surface area contributed by atoms with Gasteiger partial charge in [-0.1, -0.05) is 12.2 Å². The number of fused-ring (bicyclic) bond motifs is 1. The monoisotopic (exact) mass is 346 g/mol. The van der Waals surface area contributed by atoms with E-state index in [1.54, 1.807) is 12.2 Å². The average Bonchev–Trinajstić information content (AvgIpc) is 2.98. The second kappa shape index (κ2) is 7.06. The fraction of sp³-hybridized carbons (Fsp3) is 0.733. The van der Waals surface area contributed by atoms with Crippen molar-refractivity contribution in [2.24, 2.45) is 11.8 Å². The molecule has 0 aromatic rings. The lowest BCUT2D eigenvalue weighted by Gasteiger charge is -2.42. The molecule has 0 amide bonds. The molecule has 9 atom stereocenters. The molecule has 24 heavy (non-hydrogen) atoms. The Morgan fingerprint density at radius 1 is 0.958 bits per heavy atom. The zero-order valence-corrected chi connectivity index (χ0v) is 12.8. The molecule has 1 saturated heterocycles. The number of aliphatic hydroxyl groups excluding tert-OH is 6. The van der Waals surface area contributed by atoms with Gasteiger partial charge in [0.15, 0.2) is 6.29 Å². The first kappa shape index (κ1) is 17.8. The van der Waals surface area contributed by atoms with Gasteiger partial charge in [-0.2, -0.15) is 0 Å². The summed E-state index contributed by atoms with van der Waals surface area (Å²) in [5.41, 5.74) is 0.520. The van der Waals surface area contributed by atoms with E-state index in [4.69, 9.17) is 14.2 Å². The number of ether oxygens (including phenoxy) is 3. The van der Waals surface area contributed by atoms with E-state index in [2.05, 4.69) is 0 Å². The van der Waals surface area contributed by atoms with E-state index in [1.165, 1.54) is 6.26 Å². The third kappa shape index (κ3) is 2.98. The predicted octanol–water partition coefficient (Wildman–Crippen LogP) is -2.80. The number of aliphatic hydroxyl groups is 6. The average molecular weight is 346 g/mol. The van der Waals surface area contributed by atoms with Crippen LogP contribution in [0.2, 0.25) is 0 Å². The highest BCUT2D eigenvalue weighted by Crippen LogP contribution is 2.40. The van der Waals surface area contributed by atoms with Crippen LogP contribution in [0.3, 0.4) is 0 Å². The first-order valence-electron chi connectivity index (χ1n) is 7.75. The van der Waals surface area contributed by atoms with E-state index in [-0.39, 0.29) is 6.61 Å². The molecule has 136 valence electrons. The van der Waals surface area contributed by atoms with Crippen LogP contribution in [0.4, 0.5) is 0 Å². The lowest BCUT2D eigenvalue weighted by Crippen LogP contribution is -2.60. The fourth-order valence-corrected chi connectivity index (χ4v) is 3.34. The lowest BCUT2D eigenvalue weighted by atomic mass is 9.85. The molecule has 0 aromatic heterocycles. The van der Waals surface area contributed by atoms with E-state index < -0.39 is 61.5 Å². The van der Waals surface area contributed by atoms with Gasteiger partial charge in [0.1, 0.15) is 24.4 Å². The van der Waals surface area contributed by atoms with Gasteiger partial charge >= 0.3 is 0 Å². The molecule has 0 radical (unpaired) electrons. The van der Waals surface area contributed by atoms with Crippen LogP contribution in [0.25, 0.3) is 0 Å². The third-order valence-corrected chi connectivity index (χ3v) is 4.71. The fourth-order valence-electron chi connectivity index (χ4n) is 3.34. The van der Waals surface area contributed by atoms with Gasteiger partial charge in [-0.05, 0) is 5.57 Å². The number of hydrogen-bond donors (Lipinski definition) is 6. The van der Waals surface area contributed by atoms with Crippen molar-refractivity contribution in [2.75, 3.05) is 13.2 Å². The molecule has 9 heteroatoms. The largest absolute Gasteiger partial charge is 0.472 e. The summed E-state index contributed by atoms with van der Waals surface area (Å²) >= 11 is 0. The van der Waals surface area contributed by atoms with Crippen molar-refractivity contribution >= 4 is 0 Å². The Hall–Kier alpha value is -1.04. The highest BCUT2D eigenvalue weighted by atomic mass is 16.8. The van der Waals surface area contributed by atoms with E-state index in [0.29, 0.717) is 5.57 Å². The number of hydrogen-bond acceptors (Lipinski definition) is 9. The molecule has 0 bridgehead atoms. The Kier molecular flexibility index (Phi) is 5.23. The molecule has 0 spiro atoms. The van der Waals surface area contributed by atoms with E-state index in [1.807, 2.05) is 0 Å². The van der Waals surface area contributed by atoms with Gasteiger partial charge in [-0.15, -0.1) is 0 Å². The predicted molar refractivity (Wildman–Crippen MR) is 77.0 cm³/mol. The van der Waals surface area contributed by atoms with Crippen LogP contribution >= 0.6 is 0 Å². The maximum atomic E-state index is 10.0. The smallest absolute Gasteiger partial charge is 0.208 e. The molecule has 0 aromatic carbocycles. The van der Waals surface area contributed by atoms with Gasteiger partial charge in [-0.25, -0.2) is 0 Å². The molecule has 0 saturated carbocycles. The number of rotatable bonds is 4. The van der Waals surface area contributed by atoms with Crippen molar-refractivity contribution in [3.63, 3.8) is 0 Å². The standard InChI is InChI=1S/C15H22O9/c16-3-6-5-22-14(7-1-2-8(18)10(6)7)24-15-13(21)12(20)11(19)9(4-17)23-15/h1-2,5,7-21H,3-4H2/t7-,8-,9+,10+,11-,12-,13-,14-,15-/m0/s1. The molecule has 6 N–H and O–H groups in total. The van der Waals surface area contributed by atoms with Gasteiger partial charge in [0.2, 0.25) is 6.29 Å². The van der Waals surface area contributed by atoms with Gasteiger partial charge in [0, 0.05) is 11.8 Å². The van der Waals surface area contributed by atoms with Crippen LogP contribution in [0.15, 0.2) is 24.0 Å². The molecule has 2 aliphatic heterocycles. The zero-order valence-electron chi connectivity index (χ0n) is 12.8. The summed E-state index contributed by atoms with van der Waals surface area (Å²) in [6.45, 7) is -0.831. The van der Waals surface area contributed by atoms with Gasteiger partial charge in [-0.3, -0.25) is 0 Å². The second-order valence-corrected chi connectivity index (χ2v) is 6.17. The molecule has 1 aliphatic carbocycles. The summed E-state index contributed by atoms with van der Waals surface area (Å²) in [5.74, 6) is -0.835. The van der Waals surface area contributed by atoms with E-state index in [9.17, 15) is 30.6 Å². The Balaban J connectivity index is 1.73. The topological polar surface area (TPSA) is 149 Å². The van der Waals surface area contributed by atoms with Crippen molar-refractivity contribution in [1.29, 1.82) is 0 Å². The van der Waals surface area contributed by atoms with Gasteiger partial charge in [0.25, 0.3) is 0 Å². The maximum absolute atomic E-state index is 10.0. The van der Waals surface area contributed by atoms with Crippen LogP contribution in [-0.4, -0.2) is 87.0 Å². The van der Waals surface area contributed by atoms with Crippen LogP contribution in [0.5, 0.6) is 0 Å². The van der Waals surface area contributed by atoms with Crippen molar-refractivity contribution < 1.29 is 44.8 Å². The summed E-state index contributed by atoms with van der Waals surface area (Å²) in [6, 6.07) is 0. The SMILES string of the molecule is OCC1=CO[C@@H](O[C@@H]2O[C@H](CO)[C@H](O)[C@H](O)[C@@H]2O)[C@H]2C=C[C@H](O)[C@H]12. The summed E-state index contributed by atoms with van der Waals surface area (Å²) in [6.07, 6.45) is -4.15. The molecule has 9 nitrogen and oxygen atoms in total. The van der Waals surface area contributed by atoms with Gasteiger partial charge < -0.3 is 44.8 Å². The Morgan fingerprint density at radius 3 is 2.38 bits per heavy atom. The minimum absolute atomic E-state index is 0.271. The Morgan fingerprint density at radius 2 is 1.71 bits per heavy atom. The Bertz CT molecular complexity index is 505. The molecule has 3 aliphatic rings. The summed E-state index contributed by atoms with van der Waals surface area (Å²) < 4.78 is 16.3. The molecule has 1 fully saturated rings. The highest BCUT2D eigenvalue weighted by molar-refractivity contribution is 5.23. The van der Waals surface area contributed by atoms with Crippen LogP contribution in [0, 0.1) is 11.8 Å². The third-order valence-electron chi connectivity index (χ3n) is 4.71. The van der Waals surface area contributed by atoms with E-state index in [0.717, 1.165) is 0 Å². The molecular formula is C15H22O9. The highest BCUT2D eigenvalue weighted by Gasteiger charge is 2.48. The van der Waals surface area contributed by atoms with Crippen molar-refractivity contribution in [2.45, 2.75) is 43.1 Å². The second-order valence-electron chi connectivity index (χ2n) is 6.17. The quantitative estimate of drug-likeness (QED) is 0.297. The maximum Gasteiger partial charge on any atom is 0.208 e. The molecular weight excluding hydrogens is 324 g/mol. The molecule has 0 unspecified atom stereocenters. The van der Waals surface area contributed by atoms with Crippen molar-refractivity contribution in [3.8, 4) is 0 Å². The Labute approximate surface area is 138 Å². The van der Waals surface area contributed by atoms with Crippen molar-refractivity contribution in [3.05, 3.63) is 24.0 Å². The summed E-state index contributed by atoms with van der Waals surface area (Å²) in [7, 11) is 0. The lowest BCUT2D eigenvalue weighted by molar-refractivity contribution is -0.339. The first-order valence-corrected chi connectivity index (χ1v) is 7.75. The first-order chi connectivity index (χ1) is 11.5. The minimum Gasteiger partial charge on any atom is -0.472 e. The zero-order chi connectivity index (χ0) is 17.4. The van der Waals surface area contributed by atoms with Crippen LogP contribution < -0.4 is 0 Å². The molecule has 2 heterocycles. The molecule has 3 rings (SSSR count). The van der Waals surface area contributed by atoms with Crippen LogP contribution in [0.1, 0.15) is 0 Å². The minimum atomic E-state index is -1.55. The normalized spacial score (nSPS) is 47.9.